The molecule has 4 nitrogen and oxygen atoms in total. The molecule has 0 fully saturated rings. The molecule has 0 radical (unpaired) electrons. The van der Waals surface area contributed by atoms with Crippen molar-refractivity contribution in [3.05, 3.63) is 53.6 Å². The van der Waals surface area contributed by atoms with Crippen LogP contribution in [0.15, 0.2) is 58.3 Å². The van der Waals surface area contributed by atoms with Crippen molar-refractivity contribution >= 4 is 29.3 Å². The second-order valence-corrected chi connectivity index (χ2v) is 7.21. The van der Waals surface area contributed by atoms with Crippen LogP contribution in [0.3, 0.4) is 0 Å². The lowest BCUT2D eigenvalue weighted by Crippen LogP contribution is -2.37. The molecule has 0 aliphatic carbocycles. The van der Waals surface area contributed by atoms with Crippen molar-refractivity contribution in [2.24, 2.45) is 0 Å². The number of nitrogens with zero attached hydrogens (tertiary/aromatic N) is 1. The number of benzene rings is 2. The Kier molecular flexibility index (Phi) is 7.62. The van der Waals surface area contributed by atoms with Crippen molar-refractivity contribution in [1.29, 1.82) is 0 Å². The van der Waals surface area contributed by atoms with Crippen LogP contribution in [-0.2, 0) is 4.79 Å². The summed E-state index contributed by atoms with van der Waals surface area (Å²) in [6.07, 6.45) is -0.125. The summed E-state index contributed by atoms with van der Waals surface area (Å²) >= 11 is 7.64. The zero-order chi connectivity index (χ0) is 18.2. The van der Waals surface area contributed by atoms with Gasteiger partial charge in [-0.2, -0.15) is 0 Å². The maximum atomic E-state index is 10.9. The molecule has 0 aliphatic heterocycles. The van der Waals surface area contributed by atoms with Gasteiger partial charge in [-0.15, -0.1) is 0 Å². The first-order valence-corrected chi connectivity index (χ1v) is 9.30. The number of carboxylic acid groups (broad SMARTS) is 1. The smallest absolute Gasteiger partial charge is 0.317 e. The minimum absolute atomic E-state index is 0.0170. The van der Waals surface area contributed by atoms with Crippen LogP contribution in [0, 0.1) is 0 Å². The Hall–Kier alpha value is -1.69. The molecule has 2 aromatic rings. The van der Waals surface area contributed by atoms with Gasteiger partial charge in [0.2, 0.25) is 0 Å². The van der Waals surface area contributed by atoms with E-state index < -0.39 is 5.97 Å². The van der Waals surface area contributed by atoms with E-state index in [0.717, 1.165) is 15.5 Å². The first-order valence-electron chi connectivity index (χ1n) is 8.11. The number of aliphatic carboxylic acids is 1. The Balaban J connectivity index is 2.05. The first-order chi connectivity index (χ1) is 12.0. The molecule has 2 rings (SSSR count). The molecular formula is C19H22ClNO3S. The van der Waals surface area contributed by atoms with Crippen molar-refractivity contribution in [3.8, 4) is 5.75 Å². The van der Waals surface area contributed by atoms with Gasteiger partial charge in [-0.1, -0.05) is 48.5 Å². The summed E-state index contributed by atoms with van der Waals surface area (Å²) in [6.45, 7) is 5.13. The van der Waals surface area contributed by atoms with E-state index in [4.69, 9.17) is 21.4 Å². The Bertz CT molecular complexity index is 711. The van der Waals surface area contributed by atoms with Gasteiger partial charge < -0.3 is 9.84 Å². The molecule has 0 aliphatic rings. The number of carboxylic acids is 1. The monoisotopic (exact) mass is 379 g/mol. The summed E-state index contributed by atoms with van der Waals surface area (Å²) < 4.78 is 6.07. The molecule has 0 saturated heterocycles. The maximum absolute atomic E-state index is 10.9. The Morgan fingerprint density at radius 2 is 2.04 bits per heavy atom. The van der Waals surface area contributed by atoms with Crippen molar-refractivity contribution in [2.45, 2.75) is 29.7 Å². The van der Waals surface area contributed by atoms with Crippen molar-refractivity contribution in [2.75, 3.05) is 19.6 Å². The molecule has 0 unspecified atom stereocenters. The summed E-state index contributed by atoms with van der Waals surface area (Å²) in [4.78, 5) is 14.8. The predicted molar refractivity (Wildman–Crippen MR) is 102 cm³/mol. The Morgan fingerprint density at radius 3 is 2.72 bits per heavy atom. The number of hydrogen-bond donors (Lipinski definition) is 1. The highest BCUT2D eigenvalue weighted by atomic mass is 35.5. The van der Waals surface area contributed by atoms with Crippen LogP contribution < -0.4 is 4.74 Å². The van der Waals surface area contributed by atoms with E-state index in [0.29, 0.717) is 18.1 Å². The zero-order valence-electron chi connectivity index (χ0n) is 14.3. The highest BCUT2D eigenvalue weighted by molar-refractivity contribution is 7.99. The molecule has 0 saturated carbocycles. The van der Waals surface area contributed by atoms with E-state index in [1.165, 1.54) is 0 Å². The van der Waals surface area contributed by atoms with Crippen LogP contribution in [0.1, 0.15) is 13.8 Å². The molecule has 0 heterocycles. The molecule has 1 atom stereocenters. The summed E-state index contributed by atoms with van der Waals surface area (Å²) in [5, 5.41) is 9.65. The molecule has 0 bridgehead atoms. The minimum atomic E-state index is -0.828. The Labute approximate surface area is 157 Å². The molecule has 1 N–H and O–H groups in total. The van der Waals surface area contributed by atoms with Crippen molar-refractivity contribution in [1.82, 2.24) is 4.90 Å². The summed E-state index contributed by atoms with van der Waals surface area (Å²) in [6, 6.07) is 15.5. The average Bonchev–Trinajstić information content (AvgIpc) is 2.55. The average molecular weight is 380 g/mol. The second-order valence-electron chi connectivity index (χ2n) is 5.66. The molecule has 6 heteroatoms. The fourth-order valence-corrected chi connectivity index (χ4v) is 3.61. The van der Waals surface area contributed by atoms with Crippen LogP contribution in [0.5, 0.6) is 5.75 Å². The number of para-hydroxylation sites is 1. The number of ether oxygens (including phenoxy) is 1. The fraction of sp³-hybridized carbons (Fsp3) is 0.316. The molecule has 0 amide bonds. The minimum Gasteiger partial charge on any atom is -0.488 e. The highest BCUT2D eigenvalue weighted by Gasteiger charge is 2.15. The number of carbonyl (C=O) groups is 1. The molecule has 0 aromatic heterocycles. The van der Waals surface area contributed by atoms with Gasteiger partial charge in [0.25, 0.3) is 0 Å². The van der Waals surface area contributed by atoms with E-state index in [2.05, 4.69) is 0 Å². The van der Waals surface area contributed by atoms with E-state index in [1.54, 1.807) is 11.8 Å². The van der Waals surface area contributed by atoms with Crippen LogP contribution in [0.4, 0.5) is 0 Å². The SMILES string of the molecule is CCN(CC(=O)O)C[C@H](C)Oc1ccccc1Sc1cccc(Cl)c1. The van der Waals surface area contributed by atoms with Crippen LogP contribution in [-0.4, -0.2) is 41.7 Å². The number of likely N-dealkylation sites (N-methyl/N-ethyl adjacent to an activating group) is 1. The van der Waals surface area contributed by atoms with E-state index in [9.17, 15) is 4.79 Å². The van der Waals surface area contributed by atoms with Crippen LogP contribution in [0.2, 0.25) is 5.02 Å². The topological polar surface area (TPSA) is 49.8 Å². The van der Waals surface area contributed by atoms with Gasteiger partial charge in [0.1, 0.15) is 11.9 Å². The lowest BCUT2D eigenvalue weighted by molar-refractivity contribution is -0.138. The number of halogens is 1. The lowest BCUT2D eigenvalue weighted by Gasteiger charge is -2.24. The zero-order valence-corrected chi connectivity index (χ0v) is 15.9. The number of rotatable bonds is 9. The molecule has 134 valence electrons. The molecule has 0 spiro atoms. The second kappa shape index (κ2) is 9.70. The molecule has 25 heavy (non-hydrogen) atoms. The predicted octanol–water partition coefficient (Wildman–Crippen LogP) is 4.67. The third-order valence-electron chi connectivity index (χ3n) is 3.52. The normalized spacial score (nSPS) is 12.2. The van der Waals surface area contributed by atoms with Gasteiger partial charge >= 0.3 is 5.97 Å². The maximum Gasteiger partial charge on any atom is 0.317 e. The van der Waals surface area contributed by atoms with Crippen molar-refractivity contribution in [3.63, 3.8) is 0 Å². The van der Waals surface area contributed by atoms with E-state index in [1.807, 2.05) is 67.3 Å². The third-order valence-corrected chi connectivity index (χ3v) is 4.80. The summed E-state index contributed by atoms with van der Waals surface area (Å²) in [5.74, 6) is -0.0442. The fourth-order valence-electron chi connectivity index (χ4n) is 2.40. The van der Waals surface area contributed by atoms with Crippen LogP contribution >= 0.6 is 23.4 Å². The number of hydrogen-bond acceptors (Lipinski definition) is 4. The third kappa shape index (κ3) is 6.61. The lowest BCUT2D eigenvalue weighted by atomic mass is 10.3. The molecular weight excluding hydrogens is 358 g/mol. The summed E-state index contributed by atoms with van der Waals surface area (Å²) in [5.41, 5.74) is 0. The van der Waals surface area contributed by atoms with Crippen molar-refractivity contribution < 1.29 is 14.6 Å². The van der Waals surface area contributed by atoms with Gasteiger partial charge in [0.05, 0.1) is 11.4 Å². The van der Waals surface area contributed by atoms with E-state index in [-0.39, 0.29) is 12.6 Å². The van der Waals surface area contributed by atoms with Gasteiger partial charge in [-0.05, 0) is 43.8 Å². The standard InChI is InChI=1S/C19H22ClNO3S/c1-3-21(13-19(22)23)12-14(2)24-17-9-4-5-10-18(17)25-16-8-6-7-15(20)11-16/h4-11,14H,3,12-13H2,1-2H3,(H,22,23)/t14-/m0/s1. The quantitative estimate of drug-likeness (QED) is 0.686. The largest absolute Gasteiger partial charge is 0.488 e. The first kappa shape index (κ1) is 19.6. The van der Waals surface area contributed by atoms with Gasteiger partial charge in [-0.25, -0.2) is 0 Å². The van der Waals surface area contributed by atoms with Gasteiger partial charge in [0.15, 0.2) is 0 Å². The van der Waals surface area contributed by atoms with Gasteiger partial charge in [0, 0.05) is 16.5 Å². The summed E-state index contributed by atoms with van der Waals surface area (Å²) in [7, 11) is 0. The molecule has 2 aromatic carbocycles. The Morgan fingerprint density at radius 1 is 1.28 bits per heavy atom. The van der Waals surface area contributed by atoms with Crippen LogP contribution in [0.25, 0.3) is 0 Å². The van der Waals surface area contributed by atoms with E-state index >= 15 is 0 Å². The van der Waals surface area contributed by atoms with Gasteiger partial charge in [-0.3, -0.25) is 9.69 Å². The highest BCUT2D eigenvalue weighted by Crippen LogP contribution is 2.36.